The fourth-order valence-corrected chi connectivity index (χ4v) is 1.13. The SMILES string of the molecule is C#CCCNCCn1ccccc1=O. The molecule has 1 aromatic rings. The van der Waals surface area contributed by atoms with E-state index in [0.29, 0.717) is 6.54 Å². The van der Waals surface area contributed by atoms with Crippen molar-refractivity contribution < 1.29 is 0 Å². The van der Waals surface area contributed by atoms with Gasteiger partial charge < -0.3 is 9.88 Å². The lowest BCUT2D eigenvalue weighted by Gasteiger charge is -2.05. The molecular formula is C11H14N2O. The molecule has 0 radical (unpaired) electrons. The van der Waals surface area contributed by atoms with Gasteiger partial charge in [0.05, 0.1) is 0 Å². The van der Waals surface area contributed by atoms with Gasteiger partial charge in [0.2, 0.25) is 0 Å². The van der Waals surface area contributed by atoms with E-state index in [1.54, 1.807) is 22.9 Å². The molecule has 0 aromatic carbocycles. The average molecular weight is 190 g/mol. The first-order chi connectivity index (χ1) is 6.84. The van der Waals surface area contributed by atoms with Crippen molar-refractivity contribution >= 4 is 0 Å². The minimum absolute atomic E-state index is 0.0336. The van der Waals surface area contributed by atoms with Gasteiger partial charge in [-0.1, -0.05) is 6.07 Å². The zero-order valence-corrected chi connectivity index (χ0v) is 8.07. The molecule has 1 aromatic heterocycles. The molecule has 0 fully saturated rings. The van der Waals surface area contributed by atoms with Gasteiger partial charge >= 0.3 is 0 Å². The fraction of sp³-hybridized carbons (Fsp3) is 0.364. The molecule has 0 unspecified atom stereocenters. The van der Waals surface area contributed by atoms with Gasteiger partial charge in [-0.3, -0.25) is 4.79 Å². The molecule has 0 aliphatic rings. The number of hydrogen-bond acceptors (Lipinski definition) is 2. The molecule has 3 nitrogen and oxygen atoms in total. The predicted octanol–water partition coefficient (Wildman–Crippen LogP) is 0.461. The van der Waals surface area contributed by atoms with Gasteiger partial charge in [-0.15, -0.1) is 12.3 Å². The standard InChI is InChI=1S/C11H14N2O/c1-2-3-7-12-8-10-13-9-5-4-6-11(13)14/h1,4-6,9,12H,3,7-8,10H2. The predicted molar refractivity (Wildman–Crippen MR) is 57.0 cm³/mol. The van der Waals surface area contributed by atoms with Crippen molar-refractivity contribution in [1.82, 2.24) is 9.88 Å². The maximum atomic E-state index is 11.2. The minimum atomic E-state index is 0.0336. The van der Waals surface area contributed by atoms with Crippen LogP contribution in [0.25, 0.3) is 0 Å². The molecule has 0 amide bonds. The molecule has 0 bridgehead atoms. The number of aromatic nitrogens is 1. The normalized spacial score (nSPS) is 9.64. The molecule has 0 aliphatic heterocycles. The highest BCUT2D eigenvalue weighted by Crippen LogP contribution is 1.81. The van der Waals surface area contributed by atoms with E-state index in [9.17, 15) is 4.79 Å². The van der Waals surface area contributed by atoms with Crippen molar-refractivity contribution in [2.75, 3.05) is 13.1 Å². The Morgan fingerprint density at radius 2 is 2.29 bits per heavy atom. The van der Waals surface area contributed by atoms with Gasteiger partial charge in [-0.2, -0.15) is 0 Å². The summed E-state index contributed by atoms with van der Waals surface area (Å²) in [6.07, 6.45) is 7.61. The van der Waals surface area contributed by atoms with Crippen LogP contribution in [0, 0.1) is 12.3 Å². The van der Waals surface area contributed by atoms with Crippen molar-refractivity contribution in [2.45, 2.75) is 13.0 Å². The van der Waals surface area contributed by atoms with Gasteiger partial charge in [-0.05, 0) is 6.07 Å². The first-order valence-electron chi connectivity index (χ1n) is 4.64. The first kappa shape index (κ1) is 10.6. The summed E-state index contributed by atoms with van der Waals surface area (Å²) in [6, 6.07) is 5.15. The van der Waals surface area contributed by atoms with Crippen molar-refractivity contribution in [3.8, 4) is 12.3 Å². The van der Waals surface area contributed by atoms with Crippen LogP contribution in [-0.4, -0.2) is 17.7 Å². The molecule has 0 saturated heterocycles. The first-order valence-corrected chi connectivity index (χ1v) is 4.64. The molecule has 1 rings (SSSR count). The smallest absolute Gasteiger partial charge is 0.250 e. The van der Waals surface area contributed by atoms with Gasteiger partial charge in [0.15, 0.2) is 0 Å². The molecule has 0 atom stereocenters. The van der Waals surface area contributed by atoms with Gasteiger partial charge in [0.1, 0.15) is 0 Å². The Morgan fingerprint density at radius 3 is 3.00 bits per heavy atom. The summed E-state index contributed by atoms with van der Waals surface area (Å²) in [7, 11) is 0. The number of pyridine rings is 1. The Bertz CT molecular complexity index is 362. The zero-order chi connectivity index (χ0) is 10.2. The molecule has 0 aliphatic carbocycles. The molecule has 1 heterocycles. The second kappa shape index (κ2) is 6.01. The van der Waals surface area contributed by atoms with E-state index < -0.39 is 0 Å². The van der Waals surface area contributed by atoms with E-state index in [4.69, 9.17) is 6.42 Å². The largest absolute Gasteiger partial charge is 0.314 e. The van der Waals surface area contributed by atoms with Crippen LogP contribution in [0.4, 0.5) is 0 Å². The number of hydrogen-bond donors (Lipinski definition) is 1. The Morgan fingerprint density at radius 1 is 1.43 bits per heavy atom. The Hall–Kier alpha value is -1.53. The van der Waals surface area contributed by atoms with Crippen LogP contribution in [0.1, 0.15) is 6.42 Å². The quantitative estimate of drug-likeness (QED) is 0.540. The van der Waals surface area contributed by atoms with Gasteiger partial charge in [-0.25, -0.2) is 0 Å². The summed E-state index contributed by atoms with van der Waals surface area (Å²) in [5, 5.41) is 3.16. The van der Waals surface area contributed by atoms with Crippen molar-refractivity contribution in [2.24, 2.45) is 0 Å². The van der Waals surface area contributed by atoms with E-state index in [-0.39, 0.29) is 5.56 Å². The van der Waals surface area contributed by atoms with E-state index in [1.807, 2.05) is 6.07 Å². The summed E-state index contributed by atoms with van der Waals surface area (Å²) in [5.41, 5.74) is 0.0336. The summed E-state index contributed by atoms with van der Waals surface area (Å²) < 4.78 is 1.67. The highest BCUT2D eigenvalue weighted by atomic mass is 16.1. The minimum Gasteiger partial charge on any atom is -0.314 e. The topological polar surface area (TPSA) is 34.0 Å². The molecule has 0 spiro atoms. The van der Waals surface area contributed by atoms with Crippen molar-refractivity contribution in [3.05, 3.63) is 34.7 Å². The lowest BCUT2D eigenvalue weighted by atomic mass is 10.4. The summed E-state index contributed by atoms with van der Waals surface area (Å²) in [5.74, 6) is 2.55. The van der Waals surface area contributed by atoms with Crippen LogP contribution in [0.3, 0.4) is 0 Å². The number of terminal acetylenes is 1. The van der Waals surface area contributed by atoms with E-state index in [0.717, 1.165) is 19.5 Å². The Labute approximate surface area is 83.8 Å². The number of nitrogens with one attached hydrogen (secondary N) is 1. The molecular weight excluding hydrogens is 176 g/mol. The lowest BCUT2D eigenvalue weighted by Crippen LogP contribution is -2.26. The average Bonchev–Trinajstić information content (AvgIpc) is 2.20. The fourth-order valence-electron chi connectivity index (χ4n) is 1.13. The Balaban J connectivity index is 2.29. The van der Waals surface area contributed by atoms with Crippen molar-refractivity contribution in [3.63, 3.8) is 0 Å². The highest BCUT2D eigenvalue weighted by Gasteiger charge is 1.92. The molecule has 0 saturated carbocycles. The maximum absolute atomic E-state index is 11.2. The Kier molecular flexibility index (Phi) is 4.53. The molecule has 1 N–H and O–H groups in total. The summed E-state index contributed by atoms with van der Waals surface area (Å²) >= 11 is 0. The molecule has 14 heavy (non-hydrogen) atoms. The van der Waals surface area contributed by atoms with Crippen LogP contribution >= 0.6 is 0 Å². The number of rotatable bonds is 5. The molecule has 74 valence electrons. The van der Waals surface area contributed by atoms with Crippen LogP contribution in [0.15, 0.2) is 29.2 Å². The third-order valence-corrected chi connectivity index (χ3v) is 1.87. The van der Waals surface area contributed by atoms with E-state index >= 15 is 0 Å². The third kappa shape index (κ3) is 3.46. The second-order valence-electron chi connectivity index (χ2n) is 2.94. The summed E-state index contributed by atoms with van der Waals surface area (Å²) in [6.45, 7) is 2.26. The maximum Gasteiger partial charge on any atom is 0.250 e. The second-order valence-corrected chi connectivity index (χ2v) is 2.94. The highest BCUT2D eigenvalue weighted by molar-refractivity contribution is 4.93. The van der Waals surface area contributed by atoms with Gasteiger partial charge in [0, 0.05) is 38.3 Å². The third-order valence-electron chi connectivity index (χ3n) is 1.87. The van der Waals surface area contributed by atoms with Crippen LogP contribution in [-0.2, 0) is 6.54 Å². The van der Waals surface area contributed by atoms with E-state index in [1.165, 1.54) is 0 Å². The van der Waals surface area contributed by atoms with Crippen molar-refractivity contribution in [1.29, 1.82) is 0 Å². The summed E-state index contributed by atoms with van der Waals surface area (Å²) in [4.78, 5) is 11.2. The number of nitrogens with zero attached hydrogens (tertiary/aromatic N) is 1. The van der Waals surface area contributed by atoms with Gasteiger partial charge in [0.25, 0.3) is 5.56 Å². The zero-order valence-electron chi connectivity index (χ0n) is 8.07. The van der Waals surface area contributed by atoms with E-state index in [2.05, 4.69) is 11.2 Å². The van der Waals surface area contributed by atoms with Crippen LogP contribution in [0.5, 0.6) is 0 Å². The monoisotopic (exact) mass is 190 g/mol. The molecule has 3 heteroatoms. The lowest BCUT2D eigenvalue weighted by molar-refractivity contribution is 0.591. The van der Waals surface area contributed by atoms with Crippen LogP contribution < -0.4 is 10.9 Å². The van der Waals surface area contributed by atoms with Crippen LogP contribution in [0.2, 0.25) is 0 Å².